The van der Waals surface area contributed by atoms with Gasteiger partial charge < -0.3 is 5.32 Å². The van der Waals surface area contributed by atoms with Gasteiger partial charge >= 0.3 is 0 Å². The van der Waals surface area contributed by atoms with Gasteiger partial charge in [-0.05, 0) is 44.4 Å². The highest BCUT2D eigenvalue weighted by atomic mass is 35.5. The van der Waals surface area contributed by atoms with Gasteiger partial charge in [0.05, 0.1) is 0 Å². The predicted octanol–water partition coefficient (Wildman–Crippen LogP) is 2.94. The standard InChI is InChI=1S/C12H16ClN/c1-9-4-5-12(13)10(7-9)8-11-3-2-6-14-11/h4-5,7,11,14H,2-3,6,8H2,1H3. The second-order valence-electron chi connectivity index (χ2n) is 4.09. The van der Waals surface area contributed by atoms with Crippen molar-refractivity contribution in [2.75, 3.05) is 6.54 Å². The van der Waals surface area contributed by atoms with Gasteiger partial charge in [-0.25, -0.2) is 0 Å². The smallest absolute Gasteiger partial charge is 0.0438 e. The molecule has 2 heteroatoms. The first-order chi connectivity index (χ1) is 6.75. The van der Waals surface area contributed by atoms with Gasteiger partial charge in [-0.3, -0.25) is 0 Å². The van der Waals surface area contributed by atoms with E-state index in [1.54, 1.807) is 0 Å². The Hall–Kier alpha value is -0.530. The molecular weight excluding hydrogens is 194 g/mol. The molecule has 0 aliphatic carbocycles. The molecule has 0 radical (unpaired) electrons. The van der Waals surface area contributed by atoms with Crippen LogP contribution >= 0.6 is 11.6 Å². The summed E-state index contributed by atoms with van der Waals surface area (Å²) in [6.07, 6.45) is 3.65. The lowest BCUT2D eigenvalue weighted by molar-refractivity contribution is 0.603. The van der Waals surface area contributed by atoms with E-state index in [4.69, 9.17) is 11.6 Å². The average Bonchev–Trinajstić information content (AvgIpc) is 2.64. The Kier molecular flexibility index (Phi) is 3.09. The molecule has 1 atom stereocenters. The number of hydrogen-bond donors (Lipinski definition) is 1. The van der Waals surface area contributed by atoms with Gasteiger partial charge in [-0.1, -0.05) is 29.3 Å². The molecule has 1 fully saturated rings. The molecule has 0 amide bonds. The Bertz CT molecular complexity index is 316. The highest BCUT2D eigenvalue weighted by molar-refractivity contribution is 6.31. The highest BCUT2D eigenvalue weighted by Gasteiger charge is 2.15. The van der Waals surface area contributed by atoms with Crippen LogP contribution in [0, 0.1) is 6.92 Å². The van der Waals surface area contributed by atoms with Crippen LogP contribution in [0.15, 0.2) is 18.2 Å². The van der Waals surface area contributed by atoms with E-state index in [9.17, 15) is 0 Å². The van der Waals surface area contributed by atoms with Crippen LogP contribution in [0.5, 0.6) is 0 Å². The van der Waals surface area contributed by atoms with Crippen LogP contribution in [0.4, 0.5) is 0 Å². The minimum absolute atomic E-state index is 0.634. The monoisotopic (exact) mass is 209 g/mol. The van der Waals surface area contributed by atoms with Crippen molar-refractivity contribution in [1.82, 2.24) is 5.32 Å². The van der Waals surface area contributed by atoms with E-state index in [-0.39, 0.29) is 0 Å². The van der Waals surface area contributed by atoms with Crippen LogP contribution in [-0.2, 0) is 6.42 Å². The maximum Gasteiger partial charge on any atom is 0.0438 e. The van der Waals surface area contributed by atoms with E-state index in [1.165, 1.54) is 24.0 Å². The van der Waals surface area contributed by atoms with Gasteiger partial charge in [0, 0.05) is 11.1 Å². The van der Waals surface area contributed by atoms with Crippen LogP contribution in [0.25, 0.3) is 0 Å². The third kappa shape index (κ3) is 2.28. The first-order valence-electron chi connectivity index (χ1n) is 5.24. The van der Waals surface area contributed by atoms with E-state index in [0.717, 1.165) is 18.0 Å². The Morgan fingerprint density at radius 2 is 2.36 bits per heavy atom. The molecule has 76 valence electrons. The Labute approximate surface area is 90.5 Å². The number of hydrogen-bond acceptors (Lipinski definition) is 1. The highest BCUT2D eigenvalue weighted by Crippen LogP contribution is 2.21. The predicted molar refractivity (Wildman–Crippen MR) is 60.9 cm³/mol. The minimum atomic E-state index is 0.634. The van der Waals surface area contributed by atoms with E-state index in [1.807, 2.05) is 6.07 Å². The fourth-order valence-electron chi connectivity index (χ4n) is 2.06. The zero-order chi connectivity index (χ0) is 9.97. The summed E-state index contributed by atoms with van der Waals surface area (Å²) in [4.78, 5) is 0. The number of halogens is 1. The van der Waals surface area contributed by atoms with Gasteiger partial charge in [0.2, 0.25) is 0 Å². The molecule has 1 aromatic rings. The van der Waals surface area contributed by atoms with Gasteiger partial charge in [-0.2, -0.15) is 0 Å². The summed E-state index contributed by atoms with van der Waals surface area (Å²) in [5.74, 6) is 0. The van der Waals surface area contributed by atoms with Gasteiger partial charge in [-0.15, -0.1) is 0 Å². The van der Waals surface area contributed by atoms with Crippen molar-refractivity contribution in [2.24, 2.45) is 0 Å². The maximum absolute atomic E-state index is 6.15. The number of aryl methyl sites for hydroxylation is 1. The van der Waals surface area contributed by atoms with Crippen LogP contribution in [-0.4, -0.2) is 12.6 Å². The molecule has 1 aromatic carbocycles. The van der Waals surface area contributed by atoms with E-state index in [2.05, 4.69) is 24.4 Å². The summed E-state index contributed by atoms with van der Waals surface area (Å²) in [5, 5.41) is 4.40. The summed E-state index contributed by atoms with van der Waals surface area (Å²) >= 11 is 6.15. The SMILES string of the molecule is Cc1ccc(Cl)c(CC2CCCN2)c1. The second-order valence-corrected chi connectivity index (χ2v) is 4.50. The molecule has 1 nitrogen and oxygen atoms in total. The molecule has 0 aromatic heterocycles. The van der Waals surface area contributed by atoms with Gasteiger partial charge in [0.25, 0.3) is 0 Å². The molecule has 0 bridgehead atoms. The maximum atomic E-state index is 6.15. The van der Waals surface area contributed by atoms with Crippen LogP contribution in [0.1, 0.15) is 24.0 Å². The summed E-state index contributed by atoms with van der Waals surface area (Å²) in [7, 11) is 0. The lowest BCUT2D eigenvalue weighted by Crippen LogP contribution is -2.23. The van der Waals surface area contributed by atoms with Gasteiger partial charge in [0.15, 0.2) is 0 Å². The topological polar surface area (TPSA) is 12.0 Å². The van der Waals surface area contributed by atoms with Crippen molar-refractivity contribution < 1.29 is 0 Å². The van der Waals surface area contributed by atoms with Crippen LogP contribution < -0.4 is 5.32 Å². The summed E-state index contributed by atoms with van der Waals surface area (Å²) in [6.45, 7) is 3.27. The van der Waals surface area contributed by atoms with Gasteiger partial charge in [0.1, 0.15) is 0 Å². The normalized spacial score (nSPS) is 21.4. The first-order valence-corrected chi connectivity index (χ1v) is 5.62. The molecule has 0 spiro atoms. The molecule has 2 rings (SSSR count). The van der Waals surface area contributed by atoms with Crippen molar-refractivity contribution >= 4 is 11.6 Å². The molecule has 1 unspecified atom stereocenters. The zero-order valence-electron chi connectivity index (χ0n) is 8.52. The van der Waals surface area contributed by atoms with E-state index >= 15 is 0 Å². The molecule has 1 heterocycles. The zero-order valence-corrected chi connectivity index (χ0v) is 9.27. The van der Waals surface area contributed by atoms with Crippen molar-refractivity contribution in [1.29, 1.82) is 0 Å². The third-order valence-corrected chi connectivity index (χ3v) is 3.20. The number of benzene rings is 1. The van der Waals surface area contributed by atoms with Crippen molar-refractivity contribution in [3.8, 4) is 0 Å². The molecule has 1 saturated heterocycles. The summed E-state index contributed by atoms with van der Waals surface area (Å²) in [6, 6.07) is 6.89. The van der Waals surface area contributed by atoms with Crippen molar-refractivity contribution in [2.45, 2.75) is 32.2 Å². The minimum Gasteiger partial charge on any atom is -0.314 e. The van der Waals surface area contributed by atoms with E-state index in [0.29, 0.717) is 6.04 Å². The first kappa shape index (κ1) is 10.0. The lowest BCUT2D eigenvalue weighted by Gasteiger charge is -2.11. The quantitative estimate of drug-likeness (QED) is 0.790. The largest absolute Gasteiger partial charge is 0.314 e. The average molecular weight is 210 g/mol. The van der Waals surface area contributed by atoms with Crippen molar-refractivity contribution in [3.05, 3.63) is 34.3 Å². The molecule has 1 N–H and O–H groups in total. The molecule has 1 aliphatic heterocycles. The lowest BCUT2D eigenvalue weighted by atomic mass is 10.0. The molecule has 14 heavy (non-hydrogen) atoms. The second kappa shape index (κ2) is 4.33. The fourth-order valence-corrected chi connectivity index (χ4v) is 2.25. The third-order valence-electron chi connectivity index (χ3n) is 2.83. The molecular formula is C12H16ClN. The number of nitrogens with one attached hydrogen (secondary N) is 1. The summed E-state index contributed by atoms with van der Waals surface area (Å²) in [5.41, 5.74) is 2.58. The number of rotatable bonds is 2. The Morgan fingerprint density at radius 1 is 1.50 bits per heavy atom. The molecule has 0 saturated carbocycles. The Balaban J connectivity index is 2.10. The summed E-state index contributed by atoms with van der Waals surface area (Å²) < 4.78 is 0. The van der Waals surface area contributed by atoms with Crippen LogP contribution in [0.2, 0.25) is 5.02 Å². The molecule has 1 aliphatic rings. The van der Waals surface area contributed by atoms with Crippen LogP contribution in [0.3, 0.4) is 0 Å². The fraction of sp³-hybridized carbons (Fsp3) is 0.500. The van der Waals surface area contributed by atoms with Crippen molar-refractivity contribution in [3.63, 3.8) is 0 Å². The van der Waals surface area contributed by atoms with E-state index < -0.39 is 0 Å². The Morgan fingerprint density at radius 3 is 3.07 bits per heavy atom.